The number of carboxylic acids is 1. The molecule has 130 valence electrons. The summed E-state index contributed by atoms with van der Waals surface area (Å²) >= 11 is 0. The molecule has 0 bridgehead atoms. The maximum Gasteiger partial charge on any atom is 0.312 e. The summed E-state index contributed by atoms with van der Waals surface area (Å²) in [4.78, 5) is 25.4. The Balaban J connectivity index is 1.56. The number of nitrogens with zero attached hydrogens (tertiary/aromatic N) is 1. The summed E-state index contributed by atoms with van der Waals surface area (Å²) in [5, 5.41) is 9.33. The van der Waals surface area contributed by atoms with E-state index in [1.165, 1.54) is 17.0 Å². The van der Waals surface area contributed by atoms with E-state index in [0.717, 1.165) is 0 Å². The fourth-order valence-corrected chi connectivity index (χ4v) is 2.96. The number of halogens is 1. The third-order valence-electron chi connectivity index (χ3n) is 4.17. The van der Waals surface area contributed by atoms with Gasteiger partial charge < -0.3 is 14.7 Å². The number of benzene rings is 2. The van der Waals surface area contributed by atoms with Crippen LogP contribution in [0.15, 0.2) is 48.5 Å². The summed E-state index contributed by atoms with van der Waals surface area (Å²) in [5.74, 6) is -1.72. The first-order valence-electron chi connectivity index (χ1n) is 8.06. The quantitative estimate of drug-likeness (QED) is 0.818. The zero-order valence-corrected chi connectivity index (χ0v) is 13.5. The number of hydrogen-bond donors (Lipinski definition) is 1. The molecular formula is C19H18FNO4. The Hall–Kier alpha value is -2.89. The van der Waals surface area contributed by atoms with Crippen molar-refractivity contribution in [2.75, 3.05) is 18.1 Å². The molecule has 0 saturated heterocycles. The molecule has 0 fully saturated rings. The second kappa shape index (κ2) is 7.34. The summed E-state index contributed by atoms with van der Waals surface area (Å²) in [6, 6.07) is 12.9. The molecule has 0 spiro atoms. The lowest BCUT2D eigenvalue weighted by Gasteiger charge is -2.17. The first-order valence-corrected chi connectivity index (χ1v) is 8.06. The SMILES string of the molecule is O=C(O)C1CN(C(=O)CCCOc2cccc(F)c2)c2ccccc21. The zero-order chi connectivity index (χ0) is 17.8. The highest BCUT2D eigenvalue weighted by atomic mass is 19.1. The van der Waals surface area contributed by atoms with Crippen LogP contribution in [-0.2, 0) is 9.59 Å². The van der Waals surface area contributed by atoms with Crippen LogP contribution >= 0.6 is 0 Å². The molecule has 2 aromatic carbocycles. The fourth-order valence-electron chi connectivity index (χ4n) is 2.96. The van der Waals surface area contributed by atoms with Crippen LogP contribution in [0.4, 0.5) is 10.1 Å². The number of hydrogen-bond acceptors (Lipinski definition) is 3. The number of carbonyl (C=O) groups excluding carboxylic acids is 1. The van der Waals surface area contributed by atoms with Crippen molar-refractivity contribution < 1.29 is 23.8 Å². The highest BCUT2D eigenvalue weighted by Crippen LogP contribution is 2.36. The number of fused-ring (bicyclic) bond motifs is 1. The molecule has 25 heavy (non-hydrogen) atoms. The van der Waals surface area contributed by atoms with E-state index in [1.807, 2.05) is 0 Å². The van der Waals surface area contributed by atoms with Gasteiger partial charge in [-0.2, -0.15) is 0 Å². The number of carboxylic acid groups (broad SMARTS) is 1. The molecule has 1 unspecified atom stereocenters. The predicted molar refractivity (Wildman–Crippen MR) is 90.3 cm³/mol. The first kappa shape index (κ1) is 17.0. The van der Waals surface area contributed by atoms with Crippen LogP contribution in [0.25, 0.3) is 0 Å². The Kier molecular flexibility index (Phi) is 4.97. The van der Waals surface area contributed by atoms with Crippen molar-refractivity contribution in [1.29, 1.82) is 0 Å². The Morgan fingerprint density at radius 3 is 2.76 bits per heavy atom. The highest BCUT2D eigenvalue weighted by molar-refractivity contribution is 5.98. The van der Waals surface area contributed by atoms with Gasteiger partial charge in [-0.05, 0) is 30.2 Å². The van der Waals surface area contributed by atoms with Crippen LogP contribution in [0.5, 0.6) is 5.75 Å². The molecule has 1 atom stereocenters. The summed E-state index contributed by atoms with van der Waals surface area (Å²) in [7, 11) is 0. The minimum atomic E-state index is -0.933. The summed E-state index contributed by atoms with van der Waals surface area (Å²) in [6.45, 7) is 0.436. The van der Waals surface area contributed by atoms with Crippen LogP contribution in [0.3, 0.4) is 0 Å². The molecule has 3 rings (SSSR count). The summed E-state index contributed by atoms with van der Waals surface area (Å²) < 4.78 is 18.5. The number of ether oxygens (including phenoxy) is 1. The second-order valence-corrected chi connectivity index (χ2v) is 5.86. The van der Waals surface area contributed by atoms with Crippen LogP contribution < -0.4 is 9.64 Å². The number of amides is 1. The topological polar surface area (TPSA) is 66.8 Å². The first-order chi connectivity index (χ1) is 12.1. The molecule has 0 radical (unpaired) electrons. The van der Waals surface area contributed by atoms with Crippen molar-refractivity contribution >= 4 is 17.6 Å². The fraction of sp³-hybridized carbons (Fsp3) is 0.263. The number of rotatable bonds is 6. The monoisotopic (exact) mass is 343 g/mol. The third kappa shape index (κ3) is 3.79. The average molecular weight is 343 g/mol. The molecule has 5 nitrogen and oxygen atoms in total. The molecule has 1 aliphatic heterocycles. The molecule has 1 N–H and O–H groups in total. The Morgan fingerprint density at radius 1 is 1.20 bits per heavy atom. The van der Waals surface area contributed by atoms with Gasteiger partial charge >= 0.3 is 5.97 Å². The summed E-state index contributed by atoms with van der Waals surface area (Å²) in [6.07, 6.45) is 0.696. The van der Waals surface area contributed by atoms with Crippen LogP contribution in [0.2, 0.25) is 0 Å². The molecule has 1 amide bonds. The minimum Gasteiger partial charge on any atom is -0.493 e. The molecule has 6 heteroatoms. The van der Waals surface area contributed by atoms with Crippen LogP contribution in [-0.4, -0.2) is 30.1 Å². The van der Waals surface area contributed by atoms with Gasteiger partial charge in [0.2, 0.25) is 5.91 Å². The lowest BCUT2D eigenvalue weighted by molar-refractivity contribution is -0.138. The van der Waals surface area contributed by atoms with Crippen molar-refractivity contribution in [3.63, 3.8) is 0 Å². The van der Waals surface area contributed by atoms with Gasteiger partial charge in [-0.3, -0.25) is 9.59 Å². The van der Waals surface area contributed by atoms with E-state index in [-0.39, 0.29) is 31.3 Å². The van der Waals surface area contributed by atoms with Gasteiger partial charge in [-0.1, -0.05) is 24.3 Å². The minimum absolute atomic E-state index is 0.140. The van der Waals surface area contributed by atoms with E-state index >= 15 is 0 Å². The predicted octanol–water partition coefficient (Wildman–Crippen LogP) is 3.20. The second-order valence-electron chi connectivity index (χ2n) is 5.86. The molecule has 1 heterocycles. The van der Waals surface area contributed by atoms with Crippen molar-refractivity contribution in [1.82, 2.24) is 0 Å². The number of aliphatic carboxylic acids is 1. The molecule has 2 aromatic rings. The standard InChI is InChI=1S/C19H18FNO4/c20-13-5-3-6-14(11-13)25-10-4-9-18(22)21-12-16(19(23)24)15-7-1-2-8-17(15)21/h1-3,5-8,11,16H,4,9-10,12H2,(H,23,24). The van der Waals surface area contributed by atoms with Gasteiger partial charge in [-0.25, -0.2) is 4.39 Å². The highest BCUT2D eigenvalue weighted by Gasteiger charge is 2.35. The average Bonchev–Trinajstić information content (AvgIpc) is 2.99. The zero-order valence-electron chi connectivity index (χ0n) is 13.5. The van der Waals surface area contributed by atoms with Crippen molar-refractivity contribution in [3.05, 3.63) is 59.9 Å². The maximum atomic E-state index is 13.1. The Bertz CT molecular complexity index is 792. The number of carbonyl (C=O) groups is 2. The van der Waals surface area contributed by atoms with Crippen molar-refractivity contribution in [2.24, 2.45) is 0 Å². The largest absolute Gasteiger partial charge is 0.493 e. The van der Waals surface area contributed by atoms with E-state index in [4.69, 9.17) is 4.74 Å². The van der Waals surface area contributed by atoms with Gasteiger partial charge in [0.25, 0.3) is 0 Å². The van der Waals surface area contributed by atoms with Crippen LogP contribution in [0, 0.1) is 5.82 Å². The summed E-state index contributed by atoms with van der Waals surface area (Å²) in [5.41, 5.74) is 1.32. The number of anilines is 1. The Morgan fingerprint density at radius 2 is 2.00 bits per heavy atom. The van der Waals surface area contributed by atoms with E-state index in [9.17, 15) is 19.1 Å². The van der Waals surface area contributed by atoms with Crippen LogP contribution in [0.1, 0.15) is 24.3 Å². The Labute approximate surface area is 144 Å². The smallest absolute Gasteiger partial charge is 0.312 e. The lowest BCUT2D eigenvalue weighted by atomic mass is 10.0. The van der Waals surface area contributed by atoms with E-state index in [0.29, 0.717) is 23.4 Å². The molecular weight excluding hydrogens is 325 g/mol. The van der Waals surface area contributed by atoms with Gasteiger partial charge in [0.15, 0.2) is 0 Å². The van der Waals surface area contributed by atoms with E-state index in [2.05, 4.69) is 0 Å². The van der Waals surface area contributed by atoms with E-state index < -0.39 is 11.9 Å². The van der Waals surface area contributed by atoms with Gasteiger partial charge in [-0.15, -0.1) is 0 Å². The maximum absolute atomic E-state index is 13.1. The third-order valence-corrected chi connectivity index (χ3v) is 4.17. The van der Waals surface area contributed by atoms with Gasteiger partial charge in [0.05, 0.1) is 6.61 Å². The molecule has 0 aromatic heterocycles. The van der Waals surface area contributed by atoms with Crippen molar-refractivity contribution in [3.8, 4) is 5.75 Å². The van der Waals surface area contributed by atoms with Gasteiger partial charge in [0.1, 0.15) is 17.5 Å². The number of para-hydroxylation sites is 1. The molecule has 1 aliphatic rings. The molecule has 0 saturated carbocycles. The normalized spacial score (nSPS) is 15.7. The van der Waals surface area contributed by atoms with Crippen molar-refractivity contribution in [2.45, 2.75) is 18.8 Å². The molecule has 0 aliphatic carbocycles. The van der Waals surface area contributed by atoms with E-state index in [1.54, 1.807) is 36.4 Å². The lowest BCUT2D eigenvalue weighted by Crippen LogP contribution is -2.31. The van der Waals surface area contributed by atoms with Gasteiger partial charge in [0, 0.05) is 24.7 Å².